The zero-order chi connectivity index (χ0) is 23.4. The van der Waals surface area contributed by atoms with Crippen LogP contribution in [0.15, 0.2) is 62.2 Å². The van der Waals surface area contributed by atoms with Crippen molar-refractivity contribution in [2.45, 2.75) is 59.0 Å². The minimum Gasteiger partial charge on any atom is -0.454 e. The van der Waals surface area contributed by atoms with Crippen LogP contribution in [0.25, 0.3) is 0 Å². The average molecular weight is 512 g/mol. The highest BCUT2D eigenvalue weighted by molar-refractivity contribution is 9.10. The molecule has 0 saturated carbocycles. The van der Waals surface area contributed by atoms with E-state index in [1.54, 1.807) is 17.8 Å². The van der Waals surface area contributed by atoms with Crippen LogP contribution in [0.2, 0.25) is 0 Å². The molecule has 1 aliphatic heterocycles. The van der Waals surface area contributed by atoms with Crippen molar-refractivity contribution in [2.75, 3.05) is 20.4 Å². The smallest absolute Gasteiger partial charge is 0.231 e. The fraction of sp³-hybridized carbons (Fsp3) is 0.458. The minimum absolute atomic E-state index is 0.267. The average Bonchev–Trinajstić information content (AvgIpc) is 3.17. The van der Waals surface area contributed by atoms with Crippen LogP contribution in [0, 0.1) is 0 Å². The molecule has 0 atom stereocenters. The molecule has 0 unspecified atom stereocenters. The van der Waals surface area contributed by atoms with E-state index >= 15 is 0 Å². The molecule has 0 radical (unpaired) electrons. The molecule has 2 rings (SSSR count). The maximum Gasteiger partial charge on any atom is 0.231 e. The van der Waals surface area contributed by atoms with Gasteiger partial charge in [0.25, 0.3) is 0 Å². The number of ether oxygens (including phenoxy) is 3. The molecular weight excluding hydrogens is 476 g/mol. The van der Waals surface area contributed by atoms with E-state index in [1.165, 1.54) is 0 Å². The van der Waals surface area contributed by atoms with Gasteiger partial charge in [-0.25, -0.2) is 4.99 Å². The number of thioether (sulfide) groups is 1. The van der Waals surface area contributed by atoms with Gasteiger partial charge in [-0.1, -0.05) is 37.4 Å². The first-order valence-corrected chi connectivity index (χ1v) is 12.0. The first kappa shape index (κ1) is 27.3. The Labute approximate surface area is 200 Å². The molecule has 0 saturated heterocycles. The quantitative estimate of drug-likeness (QED) is 0.175. The second kappa shape index (κ2) is 14.4. The van der Waals surface area contributed by atoms with E-state index in [9.17, 15) is 0 Å². The molecular formula is C24H35BrN2O3S. The summed E-state index contributed by atoms with van der Waals surface area (Å²) in [7, 11) is 1.89. The van der Waals surface area contributed by atoms with Crippen LogP contribution in [0.3, 0.4) is 0 Å². The van der Waals surface area contributed by atoms with Gasteiger partial charge < -0.3 is 19.5 Å². The molecule has 5 nitrogen and oxygen atoms in total. The van der Waals surface area contributed by atoms with Gasteiger partial charge in [0.15, 0.2) is 11.5 Å². The Kier molecular flexibility index (Phi) is 12.7. The molecule has 0 fully saturated rings. The van der Waals surface area contributed by atoms with Crippen molar-refractivity contribution in [1.29, 1.82) is 0 Å². The largest absolute Gasteiger partial charge is 0.454 e. The highest BCUT2D eigenvalue weighted by atomic mass is 79.9. The Morgan fingerprint density at radius 3 is 2.45 bits per heavy atom. The fourth-order valence-corrected chi connectivity index (χ4v) is 3.85. The predicted molar refractivity (Wildman–Crippen MR) is 136 cm³/mol. The second-order valence-corrected chi connectivity index (χ2v) is 9.19. The third-order valence-corrected chi connectivity index (χ3v) is 5.94. The third-order valence-electron chi connectivity index (χ3n) is 4.08. The number of fused-ring (bicyclic) bond motifs is 1. The van der Waals surface area contributed by atoms with Crippen molar-refractivity contribution >= 4 is 32.7 Å². The van der Waals surface area contributed by atoms with Gasteiger partial charge in [0.05, 0.1) is 16.8 Å². The molecule has 0 aliphatic carbocycles. The lowest BCUT2D eigenvalue weighted by Gasteiger charge is -2.11. The van der Waals surface area contributed by atoms with Crippen molar-refractivity contribution < 1.29 is 14.2 Å². The molecule has 172 valence electrons. The van der Waals surface area contributed by atoms with E-state index in [2.05, 4.69) is 48.6 Å². The molecule has 0 amide bonds. The topological polar surface area (TPSA) is 52.1 Å². The van der Waals surface area contributed by atoms with Crippen molar-refractivity contribution in [2.24, 2.45) is 4.99 Å². The molecule has 0 aromatic heterocycles. The van der Waals surface area contributed by atoms with E-state index in [1.807, 2.05) is 46.0 Å². The Bertz CT molecular complexity index is 832. The van der Waals surface area contributed by atoms with E-state index in [-0.39, 0.29) is 6.79 Å². The molecule has 1 aromatic rings. The maximum absolute atomic E-state index is 5.45. The number of hydrogen-bond acceptors (Lipinski definition) is 6. The van der Waals surface area contributed by atoms with Crippen molar-refractivity contribution in [3.8, 4) is 11.5 Å². The molecule has 1 heterocycles. The summed E-state index contributed by atoms with van der Waals surface area (Å²) in [5.74, 6) is 1.52. The summed E-state index contributed by atoms with van der Waals surface area (Å²) < 4.78 is 17.0. The summed E-state index contributed by atoms with van der Waals surface area (Å²) in [5.41, 5.74) is 2.98. The number of hydrogen-bond donors (Lipinski definition) is 1. The predicted octanol–water partition coefficient (Wildman–Crippen LogP) is 7.09. The zero-order valence-electron chi connectivity index (χ0n) is 19.7. The molecule has 7 heteroatoms. The zero-order valence-corrected chi connectivity index (χ0v) is 22.1. The molecule has 0 bridgehead atoms. The van der Waals surface area contributed by atoms with Gasteiger partial charge in [-0.3, -0.25) is 0 Å². The normalized spacial score (nSPS) is 14.1. The van der Waals surface area contributed by atoms with Crippen molar-refractivity contribution in [3.05, 3.63) is 52.3 Å². The summed E-state index contributed by atoms with van der Waals surface area (Å²) in [5, 5.41) is 4.09. The SMILES string of the molecule is C=C/C=C(C)\C(N=C(C)Sc1cc2c(cc1Br)OCO2)=C(/C)NC.CCCOC(C)C. The van der Waals surface area contributed by atoms with Crippen LogP contribution in [0.4, 0.5) is 0 Å². The second-order valence-electron chi connectivity index (χ2n) is 7.10. The molecule has 0 spiro atoms. The number of nitrogens with zero attached hydrogens (tertiary/aromatic N) is 1. The van der Waals surface area contributed by atoms with Gasteiger partial charge in [0, 0.05) is 28.7 Å². The number of allylic oxidation sites excluding steroid dienone is 4. The summed E-state index contributed by atoms with van der Waals surface area (Å²) in [6.07, 6.45) is 5.25. The van der Waals surface area contributed by atoms with Gasteiger partial charge in [0.1, 0.15) is 0 Å². The number of halogens is 1. The van der Waals surface area contributed by atoms with Crippen LogP contribution in [-0.2, 0) is 4.74 Å². The molecule has 1 aliphatic rings. The lowest BCUT2D eigenvalue weighted by Crippen LogP contribution is -2.06. The van der Waals surface area contributed by atoms with Crippen LogP contribution in [-0.4, -0.2) is 31.6 Å². The van der Waals surface area contributed by atoms with Crippen LogP contribution >= 0.6 is 27.7 Å². The summed E-state index contributed by atoms with van der Waals surface area (Å²) in [6, 6.07) is 3.90. The first-order chi connectivity index (χ1) is 14.7. The monoisotopic (exact) mass is 510 g/mol. The lowest BCUT2D eigenvalue weighted by molar-refractivity contribution is 0.0794. The summed E-state index contributed by atoms with van der Waals surface area (Å²) in [4.78, 5) is 5.82. The Morgan fingerprint density at radius 1 is 1.29 bits per heavy atom. The Hall–Kier alpha value is -1.70. The van der Waals surface area contributed by atoms with Gasteiger partial charge >= 0.3 is 0 Å². The summed E-state index contributed by atoms with van der Waals surface area (Å²) in [6.45, 7) is 17.2. The van der Waals surface area contributed by atoms with Crippen molar-refractivity contribution in [3.63, 3.8) is 0 Å². The van der Waals surface area contributed by atoms with E-state index in [4.69, 9.17) is 19.2 Å². The number of nitrogens with one attached hydrogen (secondary N) is 1. The first-order valence-electron chi connectivity index (χ1n) is 10.4. The molecule has 1 aromatic carbocycles. The minimum atomic E-state index is 0.267. The summed E-state index contributed by atoms with van der Waals surface area (Å²) >= 11 is 5.16. The number of rotatable bonds is 8. The van der Waals surface area contributed by atoms with E-state index < -0.39 is 0 Å². The van der Waals surface area contributed by atoms with Gasteiger partial charge in [-0.15, -0.1) is 0 Å². The lowest BCUT2D eigenvalue weighted by atomic mass is 10.1. The van der Waals surface area contributed by atoms with E-state index in [0.29, 0.717) is 6.10 Å². The van der Waals surface area contributed by atoms with Gasteiger partial charge in [0.2, 0.25) is 6.79 Å². The van der Waals surface area contributed by atoms with Gasteiger partial charge in [-0.2, -0.15) is 0 Å². The highest BCUT2D eigenvalue weighted by Crippen LogP contribution is 2.41. The Balaban J connectivity index is 0.000000592. The van der Waals surface area contributed by atoms with Crippen molar-refractivity contribution in [1.82, 2.24) is 5.32 Å². The van der Waals surface area contributed by atoms with Crippen LogP contribution in [0.5, 0.6) is 11.5 Å². The molecule has 31 heavy (non-hydrogen) atoms. The molecule has 1 N–H and O–H groups in total. The highest BCUT2D eigenvalue weighted by Gasteiger charge is 2.17. The Morgan fingerprint density at radius 2 is 1.94 bits per heavy atom. The van der Waals surface area contributed by atoms with Crippen LogP contribution in [0.1, 0.15) is 48.0 Å². The third kappa shape index (κ3) is 9.54. The number of aliphatic imine (C=N–C) groups is 1. The number of benzene rings is 1. The van der Waals surface area contributed by atoms with E-state index in [0.717, 1.165) is 55.9 Å². The van der Waals surface area contributed by atoms with Crippen LogP contribution < -0.4 is 14.8 Å². The maximum atomic E-state index is 5.45. The fourth-order valence-electron chi connectivity index (χ4n) is 2.51. The van der Waals surface area contributed by atoms with Gasteiger partial charge in [-0.05, 0) is 74.7 Å². The standard InChI is InChI=1S/C18H21BrN2O2S.C6H14O/c1-6-7-11(2)18(12(3)20-5)21-13(4)24-17-9-16-15(8-14(17)19)22-10-23-16;1-4-5-7-6(2)3/h6-9,20H,1,10H2,2-5H3;6H,4-5H2,1-3H3/b11-7-,18-12-,21-13?;.